The first kappa shape index (κ1) is 15.5. The van der Waals surface area contributed by atoms with Gasteiger partial charge in [-0.2, -0.15) is 0 Å². The fourth-order valence-electron chi connectivity index (χ4n) is 2.32. The predicted octanol–water partition coefficient (Wildman–Crippen LogP) is 2.08. The predicted molar refractivity (Wildman–Crippen MR) is 78.0 cm³/mol. The van der Waals surface area contributed by atoms with Crippen LogP contribution >= 0.6 is 0 Å². The van der Waals surface area contributed by atoms with Crippen LogP contribution < -0.4 is 10.0 Å². The van der Waals surface area contributed by atoms with E-state index in [1.807, 2.05) is 27.7 Å². The highest BCUT2D eigenvalue weighted by Crippen LogP contribution is 2.33. The van der Waals surface area contributed by atoms with Crippen molar-refractivity contribution in [1.29, 1.82) is 0 Å². The second-order valence-corrected chi connectivity index (χ2v) is 7.65. The molecule has 1 aliphatic rings. The number of rotatable bonds is 6. The van der Waals surface area contributed by atoms with E-state index in [9.17, 15) is 8.42 Å². The van der Waals surface area contributed by atoms with Gasteiger partial charge < -0.3 is 9.73 Å². The Morgan fingerprint density at radius 3 is 2.40 bits per heavy atom. The molecule has 1 aromatic heterocycles. The molecule has 114 valence electrons. The summed E-state index contributed by atoms with van der Waals surface area (Å²) in [4.78, 5) is 0.308. The summed E-state index contributed by atoms with van der Waals surface area (Å²) in [6.07, 6.45) is 0.911. The van der Waals surface area contributed by atoms with E-state index in [1.165, 1.54) is 0 Å². The summed E-state index contributed by atoms with van der Waals surface area (Å²) >= 11 is 0. The van der Waals surface area contributed by atoms with Crippen LogP contribution in [0.2, 0.25) is 0 Å². The topological polar surface area (TPSA) is 71.3 Å². The zero-order valence-corrected chi connectivity index (χ0v) is 13.6. The van der Waals surface area contributed by atoms with Crippen molar-refractivity contribution in [2.45, 2.75) is 64.6 Å². The molecular weight excluding hydrogens is 276 g/mol. The Hall–Kier alpha value is -0.850. The summed E-state index contributed by atoms with van der Waals surface area (Å²) in [6.45, 7) is 10.1. The van der Waals surface area contributed by atoms with Gasteiger partial charge in [-0.15, -0.1) is 0 Å². The Bertz CT molecular complexity index is 590. The van der Waals surface area contributed by atoms with Gasteiger partial charge in [0.2, 0.25) is 10.0 Å². The number of aryl methyl sites for hydroxylation is 2. The van der Waals surface area contributed by atoms with Crippen LogP contribution in [-0.2, 0) is 16.6 Å². The summed E-state index contributed by atoms with van der Waals surface area (Å²) in [6, 6.07) is 0.358. The first-order chi connectivity index (χ1) is 9.22. The van der Waals surface area contributed by atoms with Crippen LogP contribution in [0.15, 0.2) is 9.31 Å². The number of hydrogen-bond donors (Lipinski definition) is 2. The van der Waals surface area contributed by atoms with Crippen molar-refractivity contribution in [3.8, 4) is 0 Å². The minimum Gasteiger partial charge on any atom is -0.465 e. The molecule has 0 radical (unpaired) electrons. The lowest BCUT2D eigenvalue weighted by molar-refractivity contribution is 0.491. The van der Waals surface area contributed by atoms with Gasteiger partial charge in [0.25, 0.3) is 0 Å². The molecule has 5 nitrogen and oxygen atoms in total. The van der Waals surface area contributed by atoms with Gasteiger partial charge in [-0.25, -0.2) is 13.1 Å². The molecule has 1 aromatic rings. The highest BCUT2D eigenvalue weighted by Gasteiger charge is 2.38. The zero-order valence-electron chi connectivity index (χ0n) is 12.8. The highest BCUT2D eigenvalue weighted by molar-refractivity contribution is 7.89. The van der Waals surface area contributed by atoms with Crippen molar-refractivity contribution >= 4 is 10.0 Å². The number of sulfonamides is 1. The summed E-state index contributed by atoms with van der Waals surface area (Å²) in [7, 11) is -3.50. The SMILES string of the molecule is Cc1oc(C)c(S(=O)(=O)NC2CC2C)c1CNC(C)C. The van der Waals surface area contributed by atoms with Crippen LogP contribution in [0.3, 0.4) is 0 Å². The monoisotopic (exact) mass is 300 g/mol. The second kappa shape index (κ2) is 5.50. The molecule has 2 unspecified atom stereocenters. The van der Waals surface area contributed by atoms with Gasteiger partial charge in [-0.05, 0) is 26.2 Å². The van der Waals surface area contributed by atoms with Crippen LogP contribution in [0.25, 0.3) is 0 Å². The molecule has 2 rings (SSSR count). The molecular formula is C14H24N2O3S. The highest BCUT2D eigenvalue weighted by atomic mass is 32.2. The van der Waals surface area contributed by atoms with Gasteiger partial charge in [0.15, 0.2) is 0 Å². The molecule has 0 amide bonds. The van der Waals surface area contributed by atoms with E-state index < -0.39 is 10.0 Å². The first-order valence-electron chi connectivity index (χ1n) is 7.07. The fourth-order valence-corrected chi connectivity index (χ4v) is 4.12. The Morgan fingerprint density at radius 2 is 1.90 bits per heavy atom. The molecule has 6 heteroatoms. The second-order valence-electron chi connectivity index (χ2n) is 6.00. The molecule has 1 aliphatic carbocycles. The lowest BCUT2D eigenvalue weighted by atomic mass is 10.2. The smallest absolute Gasteiger partial charge is 0.244 e. The van der Waals surface area contributed by atoms with E-state index in [2.05, 4.69) is 10.0 Å². The maximum atomic E-state index is 12.5. The van der Waals surface area contributed by atoms with Gasteiger partial charge in [0, 0.05) is 24.2 Å². The molecule has 2 N–H and O–H groups in total. The van der Waals surface area contributed by atoms with Crippen molar-refractivity contribution in [2.24, 2.45) is 5.92 Å². The van der Waals surface area contributed by atoms with Gasteiger partial charge in [0.1, 0.15) is 16.4 Å². The standard InChI is InChI=1S/C14H24N2O3S/c1-8(2)15-7-12-10(4)19-11(5)14(12)20(17,18)16-13-6-9(13)3/h8-9,13,15-16H,6-7H2,1-5H3. The Balaban J connectivity index is 2.29. The third-order valence-corrected chi connectivity index (χ3v) is 5.38. The number of hydrogen-bond acceptors (Lipinski definition) is 4. The molecule has 1 heterocycles. The summed E-state index contributed by atoms with van der Waals surface area (Å²) in [5, 5.41) is 3.25. The minimum absolute atomic E-state index is 0.0699. The average molecular weight is 300 g/mol. The van der Waals surface area contributed by atoms with E-state index in [1.54, 1.807) is 6.92 Å². The van der Waals surface area contributed by atoms with Crippen LogP contribution in [-0.4, -0.2) is 20.5 Å². The number of furan rings is 1. The quantitative estimate of drug-likeness (QED) is 0.844. The van der Waals surface area contributed by atoms with Crippen LogP contribution in [0.4, 0.5) is 0 Å². The zero-order chi connectivity index (χ0) is 15.1. The molecule has 2 atom stereocenters. The maximum Gasteiger partial charge on any atom is 0.244 e. The average Bonchev–Trinajstić information content (AvgIpc) is 2.87. The summed E-state index contributed by atoms with van der Waals surface area (Å²) in [5.74, 6) is 1.55. The van der Waals surface area contributed by atoms with Gasteiger partial charge >= 0.3 is 0 Å². The van der Waals surface area contributed by atoms with Crippen molar-refractivity contribution in [1.82, 2.24) is 10.0 Å². The Morgan fingerprint density at radius 1 is 1.30 bits per heavy atom. The molecule has 0 bridgehead atoms. The summed E-state index contributed by atoms with van der Waals surface area (Å²) in [5.41, 5.74) is 0.733. The normalized spacial score (nSPS) is 22.5. The molecule has 1 saturated carbocycles. The fraction of sp³-hybridized carbons (Fsp3) is 0.714. The summed E-state index contributed by atoms with van der Waals surface area (Å²) < 4.78 is 33.4. The van der Waals surface area contributed by atoms with E-state index in [-0.39, 0.29) is 12.1 Å². The third-order valence-electron chi connectivity index (χ3n) is 3.70. The molecule has 0 aliphatic heterocycles. The maximum absolute atomic E-state index is 12.5. The van der Waals surface area contributed by atoms with Crippen molar-refractivity contribution in [3.05, 3.63) is 17.1 Å². The first-order valence-corrected chi connectivity index (χ1v) is 8.55. The van der Waals surface area contributed by atoms with E-state index in [0.717, 1.165) is 12.0 Å². The molecule has 1 fully saturated rings. The minimum atomic E-state index is -3.50. The lowest BCUT2D eigenvalue weighted by Crippen LogP contribution is -2.29. The van der Waals surface area contributed by atoms with Gasteiger partial charge in [-0.3, -0.25) is 0 Å². The Labute approximate surface area is 121 Å². The third kappa shape index (κ3) is 3.24. The lowest BCUT2D eigenvalue weighted by Gasteiger charge is -2.11. The molecule has 0 spiro atoms. The molecule has 0 saturated heterocycles. The van der Waals surface area contributed by atoms with Crippen LogP contribution in [0.5, 0.6) is 0 Å². The van der Waals surface area contributed by atoms with Gasteiger partial charge in [-0.1, -0.05) is 20.8 Å². The van der Waals surface area contributed by atoms with Crippen LogP contribution in [0.1, 0.15) is 44.3 Å². The van der Waals surface area contributed by atoms with E-state index in [0.29, 0.717) is 28.9 Å². The largest absolute Gasteiger partial charge is 0.465 e. The Kier molecular flexibility index (Phi) is 4.27. The van der Waals surface area contributed by atoms with Crippen LogP contribution in [0, 0.1) is 19.8 Å². The van der Waals surface area contributed by atoms with Gasteiger partial charge in [0.05, 0.1) is 0 Å². The molecule has 0 aromatic carbocycles. The van der Waals surface area contributed by atoms with E-state index in [4.69, 9.17) is 4.42 Å². The van der Waals surface area contributed by atoms with Crippen molar-refractivity contribution < 1.29 is 12.8 Å². The number of nitrogens with one attached hydrogen (secondary N) is 2. The van der Waals surface area contributed by atoms with E-state index >= 15 is 0 Å². The van der Waals surface area contributed by atoms with Crippen molar-refractivity contribution in [2.75, 3.05) is 0 Å². The van der Waals surface area contributed by atoms with Crippen molar-refractivity contribution in [3.63, 3.8) is 0 Å². The molecule has 20 heavy (non-hydrogen) atoms.